The van der Waals surface area contributed by atoms with Gasteiger partial charge in [-0.2, -0.15) is 6.42 Å². The minimum atomic E-state index is 0. The van der Waals surface area contributed by atoms with Gasteiger partial charge in [0, 0.05) is 0 Å². The molecule has 0 radical (unpaired) electrons. The summed E-state index contributed by atoms with van der Waals surface area (Å²) in [6, 6.07) is 0. The Hall–Kier alpha value is 0.648. The zero-order chi connectivity index (χ0) is 3.41. The Labute approximate surface area is 54.4 Å². The fourth-order valence-corrected chi connectivity index (χ4v) is 0. The molecule has 6 heavy (non-hydrogen) atoms. The fourth-order valence-electron chi connectivity index (χ4n) is 0. The molecule has 0 heterocycles. The van der Waals surface area contributed by atoms with Crippen molar-refractivity contribution in [1.29, 1.82) is 0 Å². The summed E-state index contributed by atoms with van der Waals surface area (Å²) in [5.41, 5.74) is 0. The molecule has 38 valence electrons. The first-order chi connectivity index (χ1) is 1.91. The molecule has 0 rings (SSSR count). The minimum Gasteiger partial charge on any atom is -0.693 e. The average molecular weight is 257 g/mol. The molecule has 0 aromatic rings. The van der Waals surface area contributed by atoms with E-state index in [1.165, 1.54) is 6.42 Å². The van der Waals surface area contributed by atoms with Crippen molar-refractivity contribution < 1.29 is 21.1 Å². The molecule has 0 aliphatic heterocycles. The molecule has 0 saturated carbocycles. The second-order valence-electron chi connectivity index (χ2n) is 0.854. The molecule has 0 saturated heterocycles. The standard InChI is InChI=1S/C4H9.H2N.W/c1-3-4-2;;/h1,3-4H2,2H3;1H2;/q2*-1;+2. The van der Waals surface area contributed by atoms with Crippen molar-refractivity contribution in [3.05, 3.63) is 13.1 Å². The van der Waals surface area contributed by atoms with Gasteiger partial charge in [-0.1, -0.05) is 13.3 Å². The molecule has 0 atom stereocenters. The molecule has 0 bridgehead atoms. The van der Waals surface area contributed by atoms with E-state index in [-0.39, 0.29) is 27.2 Å². The molecular formula is C4H11NW. The molecule has 0 fully saturated rings. The summed E-state index contributed by atoms with van der Waals surface area (Å²) in [4.78, 5) is 0. The molecule has 2 N–H and O–H groups in total. The summed E-state index contributed by atoms with van der Waals surface area (Å²) in [5, 5.41) is 0. The Morgan fingerprint density at radius 2 is 1.67 bits per heavy atom. The summed E-state index contributed by atoms with van der Waals surface area (Å²) >= 11 is 0. The van der Waals surface area contributed by atoms with Crippen LogP contribution in [0.3, 0.4) is 0 Å². The summed E-state index contributed by atoms with van der Waals surface area (Å²) < 4.78 is 0. The van der Waals surface area contributed by atoms with E-state index in [9.17, 15) is 0 Å². The quantitative estimate of drug-likeness (QED) is 0.646. The van der Waals surface area contributed by atoms with Crippen molar-refractivity contribution in [2.24, 2.45) is 0 Å². The molecule has 0 spiro atoms. The van der Waals surface area contributed by atoms with Crippen LogP contribution in [0, 0.1) is 6.92 Å². The van der Waals surface area contributed by atoms with Crippen LogP contribution in [0.15, 0.2) is 0 Å². The maximum Gasteiger partial charge on any atom is 2.00 e. The summed E-state index contributed by atoms with van der Waals surface area (Å²) in [6.45, 7) is 5.72. The van der Waals surface area contributed by atoms with E-state index >= 15 is 0 Å². The van der Waals surface area contributed by atoms with Gasteiger partial charge in [-0.05, 0) is 0 Å². The van der Waals surface area contributed by atoms with Crippen LogP contribution in [0.4, 0.5) is 0 Å². The van der Waals surface area contributed by atoms with E-state index < -0.39 is 0 Å². The maximum atomic E-state index is 3.60. The van der Waals surface area contributed by atoms with Gasteiger partial charge in [-0.15, -0.1) is 0 Å². The van der Waals surface area contributed by atoms with Crippen LogP contribution in [-0.4, -0.2) is 0 Å². The molecule has 0 amide bonds. The van der Waals surface area contributed by atoms with Gasteiger partial charge in [0.15, 0.2) is 0 Å². The Bertz CT molecular complexity index is 9.51. The minimum absolute atomic E-state index is 0. The second kappa shape index (κ2) is 17.4. The molecule has 1 nitrogen and oxygen atoms in total. The van der Waals surface area contributed by atoms with E-state index in [0.717, 1.165) is 6.42 Å². The zero-order valence-corrected chi connectivity index (χ0v) is 7.04. The molecule has 0 aliphatic carbocycles. The Balaban J connectivity index is -0.0000000450. The van der Waals surface area contributed by atoms with Gasteiger partial charge in [0.05, 0.1) is 0 Å². The van der Waals surface area contributed by atoms with Crippen LogP contribution < -0.4 is 0 Å². The third-order valence-electron chi connectivity index (χ3n) is 0.354. The summed E-state index contributed by atoms with van der Waals surface area (Å²) in [6.07, 6.45) is 2.28. The predicted molar refractivity (Wildman–Crippen MR) is 25.5 cm³/mol. The van der Waals surface area contributed by atoms with Gasteiger partial charge in [-0.25, -0.2) is 0 Å². The van der Waals surface area contributed by atoms with E-state index in [1.807, 2.05) is 0 Å². The van der Waals surface area contributed by atoms with Gasteiger partial charge < -0.3 is 13.1 Å². The van der Waals surface area contributed by atoms with Gasteiger partial charge >= 0.3 is 21.1 Å². The van der Waals surface area contributed by atoms with Gasteiger partial charge in [-0.3, -0.25) is 0 Å². The normalized spacial score (nSPS) is 5.00. The van der Waals surface area contributed by atoms with Crippen molar-refractivity contribution in [3.63, 3.8) is 0 Å². The molecule has 0 aromatic carbocycles. The Kier molecular flexibility index (Phi) is 46.2. The van der Waals surface area contributed by atoms with Gasteiger partial charge in [0.25, 0.3) is 0 Å². The van der Waals surface area contributed by atoms with Crippen LogP contribution in [0.5, 0.6) is 0 Å². The Morgan fingerprint density at radius 3 is 1.67 bits per heavy atom. The number of nitrogens with two attached hydrogens (primary N) is 1. The van der Waals surface area contributed by atoms with Crippen molar-refractivity contribution >= 4 is 0 Å². The number of hydrogen-bond donors (Lipinski definition) is 0. The average Bonchev–Trinajstić information content (AvgIpc) is 1.37. The van der Waals surface area contributed by atoms with E-state index in [2.05, 4.69) is 13.8 Å². The van der Waals surface area contributed by atoms with Crippen LogP contribution in [0.25, 0.3) is 6.15 Å². The molecule has 2 heteroatoms. The smallest absolute Gasteiger partial charge is 0.693 e. The fraction of sp³-hybridized carbons (Fsp3) is 0.750. The second-order valence-corrected chi connectivity index (χ2v) is 0.854. The first kappa shape index (κ1) is 15.9. The molecule has 0 aromatic heterocycles. The summed E-state index contributed by atoms with van der Waals surface area (Å²) in [7, 11) is 0. The largest absolute Gasteiger partial charge is 2.00 e. The van der Waals surface area contributed by atoms with E-state index in [1.54, 1.807) is 0 Å². The SMILES string of the molecule is [CH2-]CCC.[NH2-].[W+2]. The van der Waals surface area contributed by atoms with Crippen LogP contribution >= 0.6 is 0 Å². The van der Waals surface area contributed by atoms with E-state index in [4.69, 9.17) is 0 Å². The third-order valence-corrected chi connectivity index (χ3v) is 0.354. The molecular weight excluding hydrogens is 246 g/mol. The van der Waals surface area contributed by atoms with Gasteiger partial charge in [0.2, 0.25) is 0 Å². The van der Waals surface area contributed by atoms with Crippen LogP contribution in [-0.2, 0) is 21.1 Å². The zero-order valence-electron chi connectivity index (χ0n) is 4.11. The monoisotopic (exact) mass is 257 g/mol. The number of rotatable bonds is 1. The third kappa shape index (κ3) is 22.8. The van der Waals surface area contributed by atoms with E-state index in [0.29, 0.717) is 0 Å². The van der Waals surface area contributed by atoms with Crippen molar-refractivity contribution in [2.45, 2.75) is 19.8 Å². The molecule has 0 unspecified atom stereocenters. The van der Waals surface area contributed by atoms with Crippen molar-refractivity contribution in [2.75, 3.05) is 0 Å². The van der Waals surface area contributed by atoms with Crippen molar-refractivity contribution in [3.8, 4) is 0 Å². The topological polar surface area (TPSA) is 33.5 Å². The van der Waals surface area contributed by atoms with Gasteiger partial charge in [0.1, 0.15) is 0 Å². The van der Waals surface area contributed by atoms with Crippen molar-refractivity contribution in [1.82, 2.24) is 0 Å². The predicted octanol–water partition coefficient (Wildman–Crippen LogP) is 2.34. The summed E-state index contributed by atoms with van der Waals surface area (Å²) in [5.74, 6) is 0. The van der Waals surface area contributed by atoms with Crippen LogP contribution in [0.1, 0.15) is 19.8 Å². The first-order valence-corrected chi connectivity index (χ1v) is 1.71. The number of unbranched alkanes of at least 4 members (excludes halogenated alkanes) is 1. The molecule has 0 aliphatic rings. The first-order valence-electron chi connectivity index (χ1n) is 1.71. The number of hydrogen-bond acceptors (Lipinski definition) is 0. The van der Waals surface area contributed by atoms with Crippen LogP contribution in [0.2, 0.25) is 0 Å². The maximum absolute atomic E-state index is 3.60. The Morgan fingerprint density at radius 1 is 1.50 bits per heavy atom.